The molecule has 0 spiro atoms. The largest absolute Gasteiger partial charge is 0.346 e. The summed E-state index contributed by atoms with van der Waals surface area (Å²) in [6.45, 7) is 2.37. The quantitative estimate of drug-likeness (QED) is 0.766. The number of nitrogens with zero attached hydrogens (tertiary/aromatic N) is 2. The van der Waals surface area contributed by atoms with Crippen molar-refractivity contribution in [2.45, 2.75) is 25.3 Å². The zero-order valence-corrected chi connectivity index (χ0v) is 16.6. The van der Waals surface area contributed by atoms with Crippen LogP contribution in [0.25, 0.3) is 0 Å². The Morgan fingerprint density at radius 1 is 1.32 bits per heavy atom. The lowest BCUT2D eigenvalue weighted by Gasteiger charge is -2.14. The van der Waals surface area contributed by atoms with Crippen LogP contribution in [0, 0.1) is 0 Å². The number of hydrogen-bond donors (Lipinski definition) is 2. The first-order valence-corrected chi connectivity index (χ1v) is 10.6. The highest BCUT2D eigenvalue weighted by Crippen LogP contribution is 2.31. The molecule has 4 heterocycles. The minimum Gasteiger partial charge on any atom is -0.346 e. The van der Waals surface area contributed by atoms with Crippen LogP contribution in [0.5, 0.6) is 0 Å². The maximum atomic E-state index is 12.4. The van der Waals surface area contributed by atoms with Gasteiger partial charge in [-0.2, -0.15) is 0 Å². The minimum atomic E-state index is -0.175. The molecular formula is C16H17BrN4O2S2. The Labute approximate surface area is 161 Å². The van der Waals surface area contributed by atoms with Crippen molar-refractivity contribution < 1.29 is 9.59 Å². The number of amides is 2. The second-order valence-corrected chi connectivity index (χ2v) is 9.62. The van der Waals surface area contributed by atoms with Gasteiger partial charge in [0.1, 0.15) is 0 Å². The van der Waals surface area contributed by atoms with Gasteiger partial charge in [-0.25, -0.2) is 4.98 Å². The third-order valence-corrected chi connectivity index (χ3v) is 7.13. The third-order valence-electron chi connectivity index (χ3n) is 4.32. The van der Waals surface area contributed by atoms with Crippen LogP contribution in [0.1, 0.15) is 26.7 Å². The SMILES string of the molecule is O=C(N[C@@H]1CC(=O)N(c2nc3c(s2)CCNCC3)C1)c1ccc(Br)s1. The van der Waals surface area contributed by atoms with E-state index in [1.165, 1.54) is 16.2 Å². The highest BCUT2D eigenvalue weighted by molar-refractivity contribution is 9.11. The first-order chi connectivity index (χ1) is 12.1. The number of carbonyl (C=O) groups excluding carboxylic acids is 2. The number of thiophene rings is 1. The van der Waals surface area contributed by atoms with E-state index < -0.39 is 0 Å². The number of fused-ring (bicyclic) bond motifs is 1. The predicted molar refractivity (Wildman–Crippen MR) is 103 cm³/mol. The zero-order chi connectivity index (χ0) is 17.4. The number of nitrogens with one attached hydrogen (secondary N) is 2. The summed E-state index contributed by atoms with van der Waals surface area (Å²) < 4.78 is 0.917. The average Bonchev–Trinajstić information content (AvgIpc) is 3.23. The van der Waals surface area contributed by atoms with Crippen LogP contribution in [-0.2, 0) is 17.6 Å². The van der Waals surface area contributed by atoms with Gasteiger partial charge in [0.15, 0.2) is 5.13 Å². The van der Waals surface area contributed by atoms with Crippen LogP contribution in [-0.4, -0.2) is 42.5 Å². The van der Waals surface area contributed by atoms with Gasteiger partial charge in [-0.05, 0) is 34.5 Å². The van der Waals surface area contributed by atoms with Crippen molar-refractivity contribution in [3.05, 3.63) is 31.4 Å². The van der Waals surface area contributed by atoms with Crippen molar-refractivity contribution in [1.82, 2.24) is 15.6 Å². The molecule has 2 N–H and O–H groups in total. The first-order valence-electron chi connectivity index (χ1n) is 8.16. The molecule has 0 radical (unpaired) electrons. The number of halogens is 1. The van der Waals surface area contributed by atoms with Crippen LogP contribution in [0.2, 0.25) is 0 Å². The second-order valence-electron chi connectivity index (χ2n) is 6.10. The Bertz CT molecular complexity index is 795. The molecule has 132 valence electrons. The fourth-order valence-electron chi connectivity index (χ4n) is 3.09. The Balaban J connectivity index is 1.44. The number of rotatable bonds is 3. The summed E-state index contributed by atoms with van der Waals surface area (Å²) >= 11 is 6.36. The van der Waals surface area contributed by atoms with Crippen molar-refractivity contribution in [2.24, 2.45) is 0 Å². The van der Waals surface area contributed by atoms with Gasteiger partial charge in [0.2, 0.25) is 5.91 Å². The molecule has 2 amide bonds. The molecule has 2 aliphatic rings. The van der Waals surface area contributed by atoms with E-state index in [4.69, 9.17) is 0 Å². The molecular weight excluding hydrogens is 424 g/mol. The minimum absolute atomic E-state index is 0.0275. The lowest BCUT2D eigenvalue weighted by atomic mass is 10.2. The van der Waals surface area contributed by atoms with E-state index in [1.807, 2.05) is 6.07 Å². The standard InChI is InChI=1S/C16H17BrN4O2S2/c17-13-2-1-12(24-13)15(23)19-9-7-14(22)21(8-9)16-20-10-3-5-18-6-4-11(10)25-16/h1-2,9,18H,3-8H2,(H,19,23)/t9-/m1/s1. The normalized spacial score (nSPS) is 20.4. The second kappa shape index (κ2) is 7.14. The van der Waals surface area contributed by atoms with E-state index >= 15 is 0 Å². The molecule has 1 atom stereocenters. The molecule has 2 aliphatic heterocycles. The van der Waals surface area contributed by atoms with Crippen molar-refractivity contribution in [3.8, 4) is 0 Å². The maximum Gasteiger partial charge on any atom is 0.261 e. The summed E-state index contributed by atoms with van der Waals surface area (Å²) in [6, 6.07) is 3.46. The Hall–Kier alpha value is -1.29. The molecule has 2 aromatic heterocycles. The zero-order valence-electron chi connectivity index (χ0n) is 13.4. The summed E-state index contributed by atoms with van der Waals surface area (Å²) in [5.41, 5.74) is 1.11. The lowest BCUT2D eigenvalue weighted by molar-refractivity contribution is -0.117. The third kappa shape index (κ3) is 3.64. The van der Waals surface area contributed by atoms with Crippen molar-refractivity contribution in [2.75, 3.05) is 24.5 Å². The topological polar surface area (TPSA) is 74.3 Å². The molecule has 0 unspecified atom stereocenters. The lowest BCUT2D eigenvalue weighted by Crippen LogP contribution is -2.36. The van der Waals surface area contributed by atoms with Gasteiger partial charge in [0, 0.05) is 37.4 Å². The number of hydrogen-bond acceptors (Lipinski definition) is 6. The predicted octanol–water partition coefficient (Wildman–Crippen LogP) is 2.19. The van der Waals surface area contributed by atoms with Crippen LogP contribution in [0.15, 0.2) is 15.9 Å². The molecule has 25 heavy (non-hydrogen) atoms. The van der Waals surface area contributed by atoms with Gasteiger partial charge in [0.05, 0.1) is 20.4 Å². The van der Waals surface area contributed by atoms with E-state index in [0.29, 0.717) is 17.8 Å². The molecule has 6 nitrogen and oxygen atoms in total. The first kappa shape index (κ1) is 17.1. The van der Waals surface area contributed by atoms with Crippen molar-refractivity contribution in [3.63, 3.8) is 0 Å². The number of aromatic nitrogens is 1. The summed E-state index contributed by atoms with van der Waals surface area (Å²) in [4.78, 5) is 33.0. The van der Waals surface area contributed by atoms with Crippen LogP contribution >= 0.6 is 38.6 Å². The van der Waals surface area contributed by atoms with E-state index in [2.05, 4.69) is 31.5 Å². The Morgan fingerprint density at radius 2 is 2.16 bits per heavy atom. The van der Waals surface area contributed by atoms with Crippen molar-refractivity contribution in [1.29, 1.82) is 0 Å². The molecule has 4 rings (SSSR count). The monoisotopic (exact) mass is 440 g/mol. The Kier molecular flexibility index (Phi) is 4.90. The van der Waals surface area contributed by atoms with E-state index in [-0.39, 0.29) is 17.9 Å². The molecule has 2 aromatic rings. The van der Waals surface area contributed by atoms with Gasteiger partial charge in [0.25, 0.3) is 5.91 Å². The van der Waals surface area contributed by atoms with Crippen molar-refractivity contribution >= 4 is 55.5 Å². The van der Waals surface area contributed by atoms with E-state index in [1.54, 1.807) is 22.3 Å². The summed E-state index contributed by atoms with van der Waals surface area (Å²) in [5, 5.41) is 7.10. The molecule has 1 saturated heterocycles. The summed E-state index contributed by atoms with van der Waals surface area (Å²) in [7, 11) is 0. The number of anilines is 1. The van der Waals surface area contributed by atoms with Gasteiger partial charge in [-0.3, -0.25) is 14.5 Å². The smallest absolute Gasteiger partial charge is 0.261 e. The van der Waals surface area contributed by atoms with Gasteiger partial charge < -0.3 is 10.6 Å². The Morgan fingerprint density at radius 3 is 2.96 bits per heavy atom. The summed E-state index contributed by atoms with van der Waals surface area (Å²) in [6.07, 6.45) is 2.19. The maximum absolute atomic E-state index is 12.4. The molecule has 0 saturated carbocycles. The molecule has 1 fully saturated rings. The molecule has 0 aliphatic carbocycles. The fraction of sp³-hybridized carbons (Fsp3) is 0.438. The van der Waals surface area contributed by atoms with E-state index in [0.717, 1.165) is 40.5 Å². The van der Waals surface area contributed by atoms with E-state index in [9.17, 15) is 9.59 Å². The highest BCUT2D eigenvalue weighted by Gasteiger charge is 2.34. The molecule has 0 bridgehead atoms. The van der Waals surface area contributed by atoms with Gasteiger partial charge in [-0.15, -0.1) is 22.7 Å². The molecule has 9 heteroatoms. The highest BCUT2D eigenvalue weighted by atomic mass is 79.9. The van der Waals surface area contributed by atoms with Crippen LogP contribution in [0.3, 0.4) is 0 Å². The van der Waals surface area contributed by atoms with Gasteiger partial charge in [-0.1, -0.05) is 0 Å². The van der Waals surface area contributed by atoms with Crippen LogP contribution < -0.4 is 15.5 Å². The fourth-order valence-corrected chi connectivity index (χ4v) is 5.51. The number of thiazole rings is 1. The van der Waals surface area contributed by atoms with Gasteiger partial charge >= 0.3 is 0 Å². The summed E-state index contributed by atoms with van der Waals surface area (Å²) in [5.74, 6) is -0.101. The number of carbonyl (C=O) groups is 2. The molecule has 0 aromatic carbocycles. The average molecular weight is 441 g/mol. The van der Waals surface area contributed by atoms with Crippen LogP contribution in [0.4, 0.5) is 5.13 Å².